The number of aromatic amines is 1. The van der Waals surface area contributed by atoms with Crippen molar-refractivity contribution in [2.75, 3.05) is 13.2 Å². The Morgan fingerprint density at radius 1 is 1.03 bits per heavy atom. The summed E-state index contributed by atoms with van der Waals surface area (Å²) in [5.41, 5.74) is 10.7. The third-order valence-corrected chi connectivity index (χ3v) is 7.15. The molecule has 6 heterocycles. The van der Waals surface area contributed by atoms with Gasteiger partial charge in [-0.25, -0.2) is 9.97 Å². The van der Waals surface area contributed by atoms with Crippen molar-refractivity contribution < 1.29 is 4.74 Å². The van der Waals surface area contributed by atoms with Crippen LogP contribution >= 0.6 is 0 Å². The fourth-order valence-corrected chi connectivity index (χ4v) is 5.42. The van der Waals surface area contributed by atoms with Gasteiger partial charge in [0.2, 0.25) is 0 Å². The number of pyridine rings is 2. The number of H-pyrrole nitrogens is 1. The number of ether oxygens (including phenoxy) is 1. The highest BCUT2D eigenvalue weighted by Crippen LogP contribution is 2.37. The van der Waals surface area contributed by atoms with Crippen LogP contribution in [0.2, 0.25) is 0 Å². The number of nitrogens with one attached hydrogen (secondary N) is 2. The first-order chi connectivity index (χ1) is 16.3. The second-order valence-corrected chi connectivity index (χ2v) is 9.09. The fourth-order valence-electron chi connectivity index (χ4n) is 5.42. The molecule has 1 aromatic carbocycles. The SMILES string of the molecule is c1cn2ccc(-c3c[nH]c4ncc(-c5cc6c(c([C@@H]7CCCN7)c5)COCC6)cc34)cc2n1. The van der Waals surface area contributed by atoms with E-state index in [-0.39, 0.29) is 0 Å². The minimum absolute atomic E-state index is 0.418. The summed E-state index contributed by atoms with van der Waals surface area (Å²) in [5, 5.41) is 4.82. The van der Waals surface area contributed by atoms with E-state index in [0.29, 0.717) is 6.04 Å². The van der Waals surface area contributed by atoms with Gasteiger partial charge in [0.05, 0.1) is 13.2 Å². The van der Waals surface area contributed by atoms with Crippen LogP contribution in [0.25, 0.3) is 38.9 Å². The molecule has 7 rings (SSSR count). The van der Waals surface area contributed by atoms with Gasteiger partial charge < -0.3 is 19.4 Å². The second-order valence-electron chi connectivity index (χ2n) is 9.09. The molecule has 5 aromatic rings. The zero-order valence-corrected chi connectivity index (χ0v) is 18.3. The lowest BCUT2D eigenvalue weighted by Crippen LogP contribution is -2.19. The topological polar surface area (TPSA) is 67.2 Å². The number of rotatable bonds is 3. The maximum absolute atomic E-state index is 5.83. The van der Waals surface area contributed by atoms with E-state index in [2.05, 4.69) is 51.8 Å². The molecule has 2 aliphatic rings. The van der Waals surface area contributed by atoms with E-state index in [4.69, 9.17) is 9.72 Å². The first-order valence-corrected chi connectivity index (χ1v) is 11.7. The predicted molar refractivity (Wildman–Crippen MR) is 129 cm³/mol. The van der Waals surface area contributed by atoms with E-state index in [1.54, 1.807) is 0 Å². The van der Waals surface area contributed by atoms with Gasteiger partial charge >= 0.3 is 0 Å². The average Bonchev–Trinajstić information content (AvgIpc) is 3.63. The lowest BCUT2D eigenvalue weighted by atomic mass is 9.88. The number of fused-ring (bicyclic) bond motifs is 3. The maximum atomic E-state index is 5.83. The lowest BCUT2D eigenvalue weighted by Gasteiger charge is -2.24. The van der Waals surface area contributed by atoms with Gasteiger partial charge in [-0.1, -0.05) is 6.07 Å². The van der Waals surface area contributed by atoms with Crippen LogP contribution in [0.4, 0.5) is 0 Å². The number of imidazole rings is 1. The Hall–Kier alpha value is -3.48. The van der Waals surface area contributed by atoms with E-state index in [1.165, 1.54) is 35.1 Å². The Labute approximate surface area is 191 Å². The zero-order chi connectivity index (χ0) is 21.8. The van der Waals surface area contributed by atoms with Crippen LogP contribution in [-0.4, -0.2) is 32.5 Å². The number of nitrogens with zero attached hydrogens (tertiary/aromatic N) is 3. The quantitative estimate of drug-likeness (QED) is 0.417. The number of hydrogen-bond acceptors (Lipinski definition) is 4. The molecule has 1 atom stereocenters. The summed E-state index contributed by atoms with van der Waals surface area (Å²) in [6.45, 7) is 2.60. The standard InChI is InChI=1S/C27H25N5O/c1-2-25(28-5-1)21-11-19(10-18-4-9-33-16-24(18)21)20-12-22-23(15-31-27(22)30-14-20)17-3-7-32-8-6-29-26(32)13-17/h3,6-8,10-15,25,28H,1-2,4-5,9,16H2,(H,30,31)/t25-/m0/s1. The molecule has 33 heavy (non-hydrogen) atoms. The summed E-state index contributed by atoms with van der Waals surface area (Å²) in [6.07, 6.45) is 13.3. The van der Waals surface area contributed by atoms with Gasteiger partial charge in [-0.2, -0.15) is 0 Å². The van der Waals surface area contributed by atoms with Crippen LogP contribution in [0.3, 0.4) is 0 Å². The molecule has 6 heteroatoms. The highest BCUT2D eigenvalue weighted by atomic mass is 16.5. The van der Waals surface area contributed by atoms with Crippen LogP contribution in [-0.2, 0) is 17.8 Å². The first-order valence-electron chi connectivity index (χ1n) is 11.7. The van der Waals surface area contributed by atoms with Crippen LogP contribution in [0.15, 0.2) is 61.3 Å². The van der Waals surface area contributed by atoms with Gasteiger partial charge in [0.15, 0.2) is 0 Å². The van der Waals surface area contributed by atoms with Crippen LogP contribution in [0, 0.1) is 0 Å². The second kappa shape index (κ2) is 7.54. The van der Waals surface area contributed by atoms with Crippen molar-refractivity contribution in [3.05, 3.63) is 78.0 Å². The Morgan fingerprint density at radius 3 is 2.97 bits per heavy atom. The molecule has 164 valence electrons. The summed E-state index contributed by atoms with van der Waals surface area (Å²) in [6, 6.07) is 11.7. The third-order valence-electron chi connectivity index (χ3n) is 7.15. The summed E-state index contributed by atoms with van der Waals surface area (Å²) in [7, 11) is 0. The highest BCUT2D eigenvalue weighted by Gasteiger charge is 2.24. The number of benzene rings is 1. The molecule has 4 aromatic heterocycles. The van der Waals surface area contributed by atoms with Gasteiger partial charge in [-0.05, 0) is 77.9 Å². The molecule has 0 unspecified atom stereocenters. The first kappa shape index (κ1) is 19.0. The molecule has 0 bridgehead atoms. The minimum atomic E-state index is 0.418. The molecule has 0 saturated carbocycles. The monoisotopic (exact) mass is 435 g/mol. The van der Waals surface area contributed by atoms with Crippen molar-refractivity contribution in [3.8, 4) is 22.3 Å². The average molecular weight is 436 g/mol. The number of hydrogen-bond donors (Lipinski definition) is 2. The molecular formula is C27H25N5O. The maximum Gasteiger partial charge on any atom is 0.137 e. The Balaban J connectivity index is 1.36. The predicted octanol–water partition coefficient (Wildman–Crippen LogP) is 5.04. The van der Waals surface area contributed by atoms with Crippen molar-refractivity contribution in [2.45, 2.75) is 31.9 Å². The molecule has 0 amide bonds. The van der Waals surface area contributed by atoms with Gasteiger partial charge in [0, 0.05) is 53.5 Å². The summed E-state index contributed by atoms with van der Waals surface area (Å²) in [5.74, 6) is 0. The van der Waals surface area contributed by atoms with E-state index < -0.39 is 0 Å². The minimum Gasteiger partial charge on any atom is -0.376 e. The smallest absolute Gasteiger partial charge is 0.137 e. The van der Waals surface area contributed by atoms with Crippen LogP contribution in [0.1, 0.15) is 35.6 Å². The van der Waals surface area contributed by atoms with Gasteiger partial charge in [-0.15, -0.1) is 0 Å². The third kappa shape index (κ3) is 3.17. The van der Waals surface area contributed by atoms with E-state index in [9.17, 15) is 0 Å². The molecule has 6 nitrogen and oxygen atoms in total. The Morgan fingerprint density at radius 2 is 2.03 bits per heavy atom. The molecule has 0 radical (unpaired) electrons. The molecule has 0 aliphatic carbocycles. The fraction of sp³-hybridized carbons (Fsp3) is 0.259. The summed E-state index contributed by atoms with van der Waals surface area (Å²) in [4.78, 5) is 12.6. The van der Waals surface area contributed by atoms with Gasteiger partial charge in [0.1, 0.15) is 11.3 Å². The molecule has 1 saturated heterocycles. The zero-order valence-electron chi connectivity index (χ0n) is 18.3. The normalized spacial score (nSPS) is 18.2. The van der Waals surface area contributed by atoms with Crippen molar-refractivity contribution in [1.29, 1.82) is 0 Å². The van der Waals surface area contributed by atoms with Crippen molar-refractivity contribution in [2.24, 2.45) is 0 Å². The Kier molecular flexibility index (Phi) is 4.35. The summed E-state index contributed by atoms with van der Waals surface area (Å²) < 4.78 is 7.85. The molecular weight excluding hydrogens is 410 g/mol. The highest BCUT2D eigenvalue weighted by molar-refractivity contribution is 5.96. The van der Waals surface area contributed by atoms with E-state index in [0.717, 1.165) is 59.6 Å². The molecule has 0 spiro atoms. The molecule has 1 fully saturated rings. The van der Waals surface area contributed by atoms with Crippen molar-refractivity contribution in [1.82, 2.24) is 24.7 Å². The van der Waals surface area contributed by atoms with Gasteiger partial charge in [0.25, 0.3) is 0 Å². The molecule has 2 N–H and O–H groups in total. The van der Waals surface area contributed by atoms with Crippen LogP contribution in [0.5, 0.6) is 0 Å². The Bertz CT molecular complexity index is 1490. The van der Waals surface area contributed by atoms with Crippen LogP contribution < -0.4 is 5.32 Å². The van der Waals surface area contributed by atoms with E-state index in [1.807, 2.05) is 29.2 Å². The van der Waals surface area contributed by atoms with E-state index >= 15 is 0 Å². The van der Waals surface area contributed by atoms with Crippen molar-refractivity contribution >= 4 is 16.7 Å². The van der Waals surface area contributed by atoms with Crippen molar-refractivity contribution in [3.63, 3.8) is 0 Å². The summed E-state index contributed by atoms with van der Waals surface area (Å²) >= 11 is 0. The van der Waals surface area contributed by atoms with Gasteiger partial charge in [-0.3, -0.25) is 0 Å². The molecule has 2 aliphatic heterocycles. The number of aromatic nitrogens is 4. The lowest BCUT2D eigenvalue weighted by molar-refractivity contribution is 0.109. The largest absolute Gasteiger partial charge is 0.376 e.